The van der Waals surface area contributed by atoms with Crippen molar-refractivity contribution in [1.29, 1.82) is 0 Å². The number of fused-ring (bicyclic) bond motifs is 10. The van der Waals surface area contributed by atoms with Crippen LogP contribution in [0, 0.1) is 5.41 Å². The van der Waals surface area contributed by atoms with E-state index >= 15 is 0 Å². The van der Waals surface area contributed by atoms with E-state index in [-0.39, 0.29) is 18.6 Å². The van der Waals surface area contributed by atoms with Crippen LogP contribution >= 0.6 is 11.8 Å². The summed E-state index contributed by atoms with van der Waals surface area (Å²) in [5.41, 5.74) is 7.86. The second kappa shape index (κ2) is 15.0. The quantitative estimate of drug-likeness (QED) is 0.141. The van der Waals surface area contributed by atoms with Gasteiger partial charge in [-0.3, -0.25) is 0 Å². The van der Waals surface area contributed by atoms with E-state index in [1.165, 1.54) is 53.5 Å². The van der Waals surface area contributed by atoms with Gasteiger partial charge in [0, 0.05) is 32.4 Å². The lowest BCUT2D eigenvalue weighted by Crippen LogP contribution is -2.38. The van der Waals surface area contributed by atoms with Crippen molar-refractivity contribution in [2.75, 3.05) is 27.4 Å². The molecule has 0 aromatic heterocycles. The van der Waals surface area contributed by atoms with Gasteiger partial charge in [0.2, 0.25) is 0 Å². The first-order chi connectivity index (χ1) is 27.9. The molecule has 3 aliphatic rings. The van der Waals surface area contributed by atoms with Crippen LogP contribution in [0.15, 0.2) is 131 Å². The Kier molecular flexibility index (Phi) is 9.82. The molecule has 57 heavy (non-hydrogen) atoms. The van der Waals surface area contributed by atoms with Gasteiger partial charge in [0.1, 0.15) is 29.6 Å². The van der Waals surface area contributed by atoms with Crippen LogP contribution in [0.2, 0.25) is 0 Å². The monoisotopic (exact) mass is 774 g/mol. The zero-order chi connectivity index (χ0) is 39.2. The molecule has 1 aliphatic heterocycles. The Hall–Kier alpha value is -5.17. The molecular weight excluding hydrogens is 725 g/mol. The van der Waals surface area contributed by atoms with E-state index in [4.69, 9.17) is 18.9 Å². The molecule has 2 aliphatic carbocycles. The number of hydrogen-bond donors (Lipinski definition) is 1. The minimum absolute atomic E-state index is 0.0455. The Bertz CT molecular complexity index is 2440. The van der Waals surface area contributed by atoms with Crippen molar-refractivity contribution < 1.29 is 24.1 Å². The maximum Gasteiger partial charge on any atom is 0.178 e. The van der Waals surface area contributed by atoms with Crippen LogP contribution in [0.1, 0.15) is 80.2 Å². The Morgan fingerprint density at radius 2 is 1.39 bits per heavy atom. The molecule has 6 aromatic rings. The topological polar surface area (TPSA) is 57.2 Å². The van der Waals surface area contributed by atoms with Gasteiger partial charge in [-0.1, -0.05) is 111 Å². The summed E-state index contributed by atoms with van der Waals surface area (Å²) in [6.07, 6.45) is 11.6. The maximum atomic E-state index is 9.43. The van der Waals surface area contributed by atoms with Crippen molar-refractivity contribution in [2.24, 2.45) is 5.41 Å². The molecule has 6 heteroatoms. The van der Waals surface area contributed by atoms with Gasteiger partial charge >= 0.3 is 0 Å². The average Bonchev–Trinajstić information content (AvgIpc) is 3.56. The molecule has 1 unspecified atom stereocenters. The molecule has 0 amide bonds. The molecule has 5 nitrogen and oxygen atoms in total. The third kappa shape index (κ3) is 6.11. The predicted molar refractivity (Wildman–Crippen MR) is 231 cm³/mol. The first-order valence-electron chi connectivity index (χ1n) is 20.3. The lowest BCUT2D eigenvalue weighted by molar-refractivity contribution is 0.132. The van der Waals surface area contributed by atoms with Gasteiger partial charge in [-0.25, -0.2) is 0 Å². The van der Waals surface area contributed by atoms with Crippen molar-refractivity contribution >= 4 is 28.6 Å². The Morgan fingerprint density at radius 1 is 0.719 bits per heavy atom. The minimum Gasteiger partial charge on any atom is -0.497 e. The van der Waals surface area contributed by atoms with E-state index in [0.29, 0.717) is 11.2 Å². The minimum atomic E-state index is -0.965. The Morgan fingerprint density at radius 3 is 2.04 bits per heavy atom. The molecule has 1 fully saturated rings. The summed E-state index contributed by atoms with van der Waals surface area (Å²) in [7, 11) is 3.47. The number of rotatable bonds is 11. The van der Waals surface area contributed by atoms with Gasteiger partial charge < -0.3 is 24.1 Å². The van der Waals surface area contributed by atoms with E-state index in [2.05, 4.69) is 117 Å². The maximum absolute atomic E-state index is 9.43. The van der Waals surface area contributed by atoms with Crippen molar-refractivity contribution in [1.82, 2.24) is 0 Å². The summed E-state index contributed by atoms with van der Waals surface area (Å²) < 4.78 is 25.4. The number of benzene rings is 6. The fraction of sp³-hybridized carbons (Fsp3) is 0.294. The molecule has 1 atom stereocenters. The lowest BCUT2D eigenvalue weighted by Gasteiger charge is -2.47. The van der Waals surface area contributed by atoms with E-state index in [1.54, 1.807) is 26.0 Å². The van der Waals surface area contributed by atoms with Gasteiger partial charge in [-0.05, 0) is 113 Å². The largest absolute Gasteiger partial charge is 0.497 e. The molecule has 6 aromatic carbocycles. The number of aliphatic hydroxyl groups is 1. The standard InChI is InChI=1S/C51H50O5S/c1-5-49(6-2)26-28-50(29-27-49)43-15-11-10-14-39(43)46-41-32-44(54-4)45(57-38-12-8-7-9-13-38)33-42(41)48-40(47(46)50)24-25-51(56-48,34-16-20-36(53-3)21-17-34)35-18-22-37(23-19-35)55-31-30-52/h7-25,32-33,52H,5-6,26-31H2,1-4H3. The lowest BCUT2D eigenvalue weighted by atomic mass is 9.58. The van der Waals surface area contributed by atoms with Crippen molar-refractivity contribution in [3.8, 4) is 34.1 Å². The highest BCUT2D eigenvalue weighted by Crippen LogP contribution is 2.65. The van der Waals surface area contributed by atoms with E-state index in [0.717, 1.165) is 61.8 Å². The summed E-state index contributed by atoms with van der Waals surface area (Å²) in [5.74, 6) is 3.22. The van der Waals surface area contributed by atoms with Gasteiger partial charge in [-0.2, -0.15) is 0 Å². The molecular formula is C51H50O5S. The number of methoxy groups -OCH3 is 2. The summed E-state index contributed by atoms with van der Waals surface area (Å²) in [4.78, 5) is 2.18. The third-order valence-electron chi connectivity index (χ3n) is 13.3. The van der Waals surface area contributed by atoms with Crippen molar-refractivity contribution in [2.45, 2.75) is 73.2 Å². The Labute approximate surface area is 340 Å². The van der Waals surface area contributed by atoms with Crippen LogP contribution in [0.25, 0.3) is 28.0 Å². The summed E-state index contributed by atoms with van der Waals surface area (Å²) >= 11 is 1.71. The van der Waals surface area contributed by atoms with Crippen molar-refractivity contribution in [3.63, 3.8) is 0 Å². The highest BCUT2D eigenvalue weighted by atomic mass is 32.2. The molecule has 290 valence electrons. The zero-order valence-electron chi connectivity index (χ0n) is 33.3. The predicted octanol–water partition coefficient (Wildman–Crippen LogP) is 12.4. The number of hydrogen-bond acceptors (Lipinski definition) is 6. The summed E-state index contributed by atoms with van der Waals surface area (Å²) in [6, 6.07) is 40.5. The highest BCUT2D eigenvalue weighted by molar-refractivity contribution is 7.99. The smallest absolute Gasteiger partial charge is 0.178 e. The van der Waals surface area contributed by atoms with Crippen LogP contribution in [-0.4, -0.2) is 32.5 Å². The molecule has 0 saturated heterocycles. The molecule has 9 rings (SSSR count). The molecule has 1 N–H and O–H groups in total. The SMILES string of the molecule is CCC1(CC)CCC2(CC1)c1ccccc1-c1c2c2c(c3cc(Sc4ccccc4)c(OC)cc13)OC(c1ccc(OC)cc1)(c1ccc(OCCO)cc1)C=C2. The van der Waals surface area contributed by atoms with E-state index < -0.39 is 5.60 Å². The van der Waals surface area contributed by atoms with Gasteiger partial charge in [0.05, 0.1) is 25.7 Å². The fourth-order valence-corrected chi connectivity index (χ4v) is 11.0. The molecule has 0 bridgehead atoms. The number of aliphatic hydroxyl groups excluding tert-OH is 1. The van der Waals surface area contributed by atoms with Crippen LogP contribution in [-0.2, 0) is 11.0 Å². The molecule has 1 spiro atoms. The summed E-state index contributed by atoms with van der Waals surface area (Å²) in [6.45, 7) is 4.95. The van der Waals surface area contributed by atoms with Crippen molar-refractivity contribution in [3.05, 3.63) is 149 Å². The molecule has 1 saturated carbocycles. The molecule has 1 heterocycles. The normalized spacial score (nSPS) is 18.4. The van der Waals surface area contributed by atoms with Crippen LogP contribution in [0.3, 0.4) is 0 Å². The fourth-order valence-electron chi connectivity index (χ4n) is 9.99. The van der Waals surface area contributed by atoms with Crippen LogP contribution < -0.4 is 18.9 Å². The second-order valence-corrected chi connectivity index (χ2v) is 16.9. The zero-order valence-corrected chi connectivity index (χ0v) is 34.1. The van der Waals surface area contributed by atoms with Crippen LogP contribution in [0.4, 0.5) is 0 Å². The number of ether oxygens (including phenoxy) is 4. The average molecular weight is 775 g/mol. The van der Waals surface area contributed by atoms with E-state index in [1.807, 2.05) is 24.3 Å². The molecule has 0 radical (unpaired) electrons. The second-order valence-electron chi connectivity index (χ2n) is 15.8. The Balaban J connectivity index is 1.33. The first-order valence-corrected chi connectivity index (χ1v) is 21.1. The first kappa shape index (κ1) is 37.4. The summed E-state index contributed by atoms with van der Waals surface area (Å²) in [5, 5.41) is 11.6. The van der Waals surface area contributed by atoms with Gasteiger partial charge in [0.15, 0.2) is 5.60 Å². The van der Waals surface area contributed by atoms with Crippen LogP contribution in [0.5, 0.6) is 23.0 Å². The van der Waals surface area contributed by atoms with Gasteiger partial charge in [0.25, 0.3) is 0 Å². The highest BCUT2D eigenvalue weighted by Gasteiger charge is 2.51. The third-order valence-corrected chi connectivity index (χ3v) is 14.4. The van der Waals surface area contributed by atoms with E-state index in [9.17, 15) is 5.11 Å². The van der Waals surface area contributed by atoms with Gasteiger partial charge in [-0.15, -0.1) is 0 Å².